The summed E-state index contributed by atoms with van der Waals surface area (Å²) in [6.07, 6.45) is 0.534. The molecule has 0 radical (unpaired) electrons. The third-order valence-electron chi connectivity index (χ3n) is 2.87. The van der Waals surface area contributed by atoms with Crippen molar-refractivity contribution in [1.82, 2.24) is 5.32 Å². The Morgan fingerprint density at radius 2 is 2.00 bits per heavy atom. The number of nitrogens with one attached hydrogen (secondary N) is 1. The Kier molecular flexibility index (Phi) is 6.53. The molecule has 0 aliphatic heterocycles. The van der Waals surface area contributed by atoms with Crippen molar-refractivity contribution in [1.29, 1.82) is 0 Å². The first kappa shape index (κ1) is 18.1. The maximum Gasteiger partial charge on any atom is 0.407 e. The number of amides is 1. The normalized spacial score (nSPS) is 11.4. The van der Waals surface area contributed by atoms with E-state index in [-0.39, 0.29) is 0 Å². The Bertz CT molecular complexity index is 493. The van der Waals surface area contributed by atoms with Crippen LogP contribution in [0.25, 0.3) is 0 Å². The molecule has 0 aliphatic rings. The highest BCUT2D eigenvalue weighted by Crippen LogP contribution is 2.23. The van der Waals surface area contributed by atoms with Gasteiger partial charge in [-0.05, 0) is 50.8 Å². The molecule has 0 spiro atoms. The van der Waals surface area contributed by atoms with Gasteiger partial charge in [-0.2, -0.15) is 0 Å². The van der Waals surface area contributed by atoms with Crippen LogP contribution in [0.2, 0.25) is 0 Å². The Balaban J connectivity index is 2.56. The van der Waals surface area contributed by atoms with Gasteiger partial charge in [-0.15, -0.1) is 0 Å². The zero-order valence-electron chi connectivity index (χ0n) is 14.2. The lowest BCUT2D eigenvalue weighted by molar-refractivity contribution is 0.0523. The molecule has 0 fully saturated rings. The van der Waals surface area contributed by atoms with Crippen molar-refractivity contribution in [3.8, 4) is 5.75 Å². The summed E-state index contributed by atoms with van der Waals surface area (Å²) in [4.78, 5) is 11.6. The van der Waals surface area contributed by atoms with E-state index in [1.807, 2.05) is 32.9 Å². The summed E-state index contributed by atoms with van der Waals surface area (Å²) in [6.45, 7) is 10.8. The lowest BCUT2D eigenvalue weighted by atomic mass is 10.1. The van der Waals surface area contributed by atoms with Gasteiger partial charge < -0.3 is 20.5 Å². The largest absolute Gasteiger partial charge is 0.491 e. The summed E-state index contributed by atoms with van der Waals surface area (Å²) in [5.74, 6) is 1.24. The molecular formula is C17H28N2O3. The maximum absolute atomic E-state index is 11.6. The van der Waals surface area contributed by atoms with Crippen molar-refractivity contribution < 1.29 is 14.3 Å². The zero-order chi connectivity index (χ0) is 16.8. The molecule has 0 aliphatic carbocycles. The predicted octanol–water partition coefficient (Wildman–Crippen LogP) is 3.72. The monoisotopic (exact) mass is 308 g/mol. The molecule has 5 heteroatoms. The van der Waals surface area contributed by atoms with E-state index in [1.54, 1.807) is 6.07 Å². The summed E-state index contributed by atoms with van der Waals surface area (Å²) >= 11 is 0. The van der Waals surface area contributed by atoms with Gasteiger partial charge in [0.2, 0.25) is 0 Å². The molecule has 0 aromatic heterocycles. The SMILES string of the molecule is CC(C)CCOc1cc(CNC(=O)OC(C)(C)C)ccc1N. The molecule has 124 valence electrons. The third kappa shape index (κ3) is 7.20. The van der Waals surface area contributed by atoms with Gasteiger partial charge in [0.15, 0.2) is 0 Å². The van der Waals surface area contributed by atoms with Crippen molar-refractivity contribution in [3.63, 3.8) is 0 Å². The minimum Gasteiger partial charge on any atom is -0.491 e. The van der Waals surface area contributed by atoms with E-state index >= 15 is 0 Å². The first-order chi connectivity index (χ1) is 10.2. The molecule has 22 heavy (non-hydrogen) atoms. The lowest BCUT2D eigenvalue weighted by Gasteiger charge is -2.19. The van der Waals surface area contributed by atoms with Crippen LogP contribution in [0.5, 0.6) is 5.75 Å². The van der Waals surface area contributed by atoms with Crippen LogP contribution in [-0.4, -0.2) is 18.3 Å². The fourth-order valence-electron chi connectivity index (χ4n) is 1.71. The van der Waals surface area contributed by atoms with E-state index in [0.29, 0.717) is 30.5 Å². The van der Waals surface area contributed by atoms with Crippen molar-refractivity contribution in [2.24, 2.45) is 5.92 Å². The van der Waals surface area contributed by atoms with Gasteiger partial charge in [0, 0.05) is 6.54 Å². The van der Waals surface area contributed by atoms with Gasteiger partial charge in [0.05, 0.1) is 12.3 Å². The molecule has 0 atom stereocenters. The van der Waals surface area contributed by atoms with Gasteiger partial charge in [-0.3, -0.25) is 0 Å². The van der Waals surface area contributed by atoms with E-state index in [2.05, 4.69) is 19.2 Å². The van der Waals surface area contributed by atoms with Gasteiger partial charge in [-0.1, -0.05) is 19.9 Å². The van der Waals surface area contributed by atoms with E-state index < -0.39 is 11.7 Å². The van der Waals surface area contributed by atoms with Crippen molar-refractivity contribution >= 4 is 11.8 Å². The maximum atomic E-state index is 11.6. The summed E-state index contributed by atoms with van der Waals surface area (Å²) in [7, 11) is 0. The van der Waals surface area contributed by atoms with Crippen LogP contribution in [0, 0.1) is 5.92 Å². The highest BCUT2D eigenvalue weighted by Gasteiger charge is 2.15. The number of anilines is 1. The average Bonchev–Trinajstić information content (AvgIpc) is 2.37. The lowest BCUT2D eigenvalue weighted by Crippen LogP contribution is -2.32. The van der Waals surface area contributed by atoms with Crippen LogP contribution in [-0.2, 0) is 11.3 Å². The number of ether oxygens (including phenoxy) is 2. The second-order valence-electron chi connectivity index (χ2n) is 6.76. The van der Waals surface area contributed by atoms with Gasteiger partial charge in [0.25, 0.3) is 0 Å². The molecule has 5 nitrogen and oxygen atoms in total. The van der Waals surface area contributed by atoms with E-state index in [0.717, 1.165) is 12.0 Å². The topological polar surface area (TPSA) is 73.6 Å². The Labute approximate surface area is 133 Å². The number of benzene rings is 1. The number of nitrogens with two attached hydrogens (primary N) is 1. The number of alkyl carbamates (subject to hydrolysis) is 1. The molecular weight excluding hydrogens is 280 g/mol. The van der Waals surface area contributed by atoms with Gasteiger partial charge >= 0.3 is 6.09 Å². The minimum atomic E-state index is -0.504. The first-order valence-electron chi connectivity index (χ1n) is 7.65. The van der Waals surface area contributed by atoms with E-state index in [9.17, 15) is 4.79 Å². The van der Waals surface area contributed by atoms with Crippen LogP contribution in [0.3, 0.4) is 0 Å². The zero-order valence-corrected chi connectivity index (χ0v) is 14.2. The Morgan fingerprint density at radius 3 is 2.59 bits per heavy atom. The molecule has 1 aromatic carbocycles. The highest BCUT2D eigenvalue weighted by molar-refractivity contribution is 5.67. The summed E-state index contributed by atoms with van der Waals surface area (Å²) in [5, 5.41) is 2.72. The van der Waals surface area contributed by atoms with Gasteiger partial charge in [0.1, 0.15) is 11.4 Å². The number of hydrogen-bond donors (Lipinski definition) is 2. The summed E-state index contributed by atoms with van der Waals surface area (Å²) in [5.41, 5.74) is 6.92. The fraction of sp³-hybridized carbons (Fsp3) is 0.588. The smallest absolute Gasteiger partial charge is 0.407 e. The van der Waals surface area contributed by atoms with Crippen molar-refractivity contribution in [3.05, 3.63) is 23.8 Å². The van der Waals surface area contributed by atoms with Crippen molar-refractivity contribution in [2.45, 2.75) is 53.2 Å². The van der Waals surface area contributed by atoms with E-state index in [1.165, 1.54) is 0 Å². The second kappa shape index (κ2) is 7.92. The quantitative estimate of drug-likeness (QED) is 0.786. The number of hydrogen-bond acceptors (Lipinski definition) is 4. The number of rotatable bonds is 6. The number of nitrogen functional groups attached to an aromatic ring is 1. The van der Waals surface area contributed by atoms with Crippen LogP contribution in [0.1, 0.15) is 46.6 Å². The number of carbonyl (C=O) groups is 1. The summed E-state index contributed by atoms with van der Waals surface area (Å²) < 4.78 is 10.9. The first-order valence-corrected chi connectivity index (χ1v) is 7.65. The average molecular weight is 308 g/mol. The summed E-state index contributed by atoms with van der Waals surface area (Å²) in [6, 6.07) is 5.51. The highest BCUT2D eigenvalue weighted by atomic mass is 16.6. The molecule has 1 amide bonds. The van der Waals surface area contributed by atoms with E-state index in [4.69, 9.17) is 15.2 Å². The molecule has 0 saturated carbocycles. The molecule has 1 rings (SSSR count). The van der Waals surface area contributed by atoms with Crippen LogP contribution in [0.15, 0.2) is 18.2 Å². The molecule has 3 N–H and O–H groups in total. The minimum absolute atomic E-state index is 0.371. The Morgan fingerprint density at radius 1 is 1.32 bits per heavy atom. The Hall–Kier alpha value is -1.91. The molecule has 1 aromatic rings. The molecule has 0 saturated heterocycles. The van der Waals surface area contributed by atoms with Crippen LogP contribution < -0.4 is 15.8 Å². The third-order valence-corrected chi connectivity index (χ3v) is 2.87. The second-order valence-corrected chi connectivity index (χ2v) is 6.76. The van der Waals surface area contributed by atoms with Crippen LogP contribution in [0.4, 0.5) is 10.5 Å². The predicted molar refractivity (Wildman–Crippen MR) is 88.9 cm³/mol. The van der Waals surface area contributed by atoms with Crippen molar-refractivity contribution in [2.75, 3.05) is 12.3 Å². The standard InChI is InChI=1S/C17H28N2O3/c1-12(2)8-9-21-15-10-13(6-7-14(15)18)11-19-16(20)22-17(3,4)5/h6-7,10,12H,8-9,11,18H2,1-5H3,(H,19,20). The van der Waals surface area contributed by atoms with Crippen LogP contribution >= 0.6 is 0 Å². The molecule has 0 heterocycles. The fourth-order valence-corrected chi connectivity index (χ4v) is 1.71. The van der Waals surface area contributed by atoms with Gasteiger partial charge in [-0.25, -0.2) is 4.79 Å². The molecule has 0 bridgehead atoms. The number of carbonyl (C=O) groups excluding carboxylic acids is 1. The molecule has 0 unspecified atom stereocenters.